The first-order chi connectivity index (χ1) is 8.28. The molecule has 1 atom stereocenters. The number of carbonyl (C=O) groups is 1. The van der Waals surface area contributed by atoms with Crippen molar-refractivity contribution in [3.63, 3.8) is 0 Å². The van der Waals surface area contributed by atoms with Crippen LogP contribution in [0.3, 0.4) is 0 Å². The average Bonchev–Trinajstić information content (AvgIpc) is 2.92. The van der Waals surface area contributed by atoms with Gasteiger partial charge in [0.15, 0.2) is 0 Å². The van der Waals surface area contributed by atoms with Gasteiger partial charge in [0.1, 0.15) is 6.04 Å². The molecule has 0 saturated heterocycles. The number of nitriles is 1. The van der Waals surface area contributed by atoms with E-state index in [1.165, 1.54) is 11.3 Å². The molecule has 17 heavy (non-hydrogen) atoms. The molecule has 0 spiro atoms. The molecule has 5 heteroatoms. The van der Waals surface area contributed by atoms with Gasteiger partial charge in [-0.25, -0.2) is 0 Å². The molecule has 1 amide bonds. The van der Waals surface area contributed by atoms with E-state index in [2.05, 4.69) is 11.4 Å². The largest absolute Gasteiger partial charge is 0.335 e. The molecular formula is C12H10N2OS2. The highest BCUT2D eigenvalue weighted by Crippen LogP contribution is 2.33. The number of hydrogen-bond donors (Lipinski definition) is 1. The van der Waals surface area contributed by atoms with Gasteiger partial charge in [0.2, 0.25) is 0 Å². The van der Waals surface area contributed by atoms with Crippen LogP contribution in [-0.2, 0) is 0 Å². The van der Waals surface area contributed by atoms with E-state index in [1.807, 2.05) is 17.5 Å². The fourth-order valence-electron chi connectivity index (χ4n) is 1.78. The lowest BCUT2D eigenvalue weighted by molar-refractivity contribution is 0.0946. The third-order valence-corrected chi connectivity index (χ3v) is 4.97. The van der Waals surface area contributed by atoms with Gasteiger partial charge in [-0.15, -0.1) is 22.7 Å². The number of nitrogens with one attached hydrogen (secondary N) is 1. The van der Waals surface area contributed by atoms with Crippen molar-refractivity contribution < 1.29 is 4.79 Å². The summed E-state index contributed by atoms with van der Waals surface area (Å²) < 4.78 is 2.28. The zero-order valence-electron chi connectivity index (χ0n) is 8.97. The molecule has 1 aliphatic carbocycles. The van der Waals surface area contributed by atoms with Crippen LogP contribution in [0.5, 0.6) is 0 Å². The lowest BCUT2D eigenvalue weighted by atomic mass is 10.2. The minimum atomic E-state index is -0.317. The van der Waals surface area contributed by atoms with Crippen LogP contribution in [0.25, 0.3) is 9.40 Å². The van der Waals surface area contributed by atoms with Gasteiger partial charge < -0.3 is 5.32 Å². The number of thiophene rings is 2. The molecule has 1 N–H and O–H groups in total. The van der Waals surface area contributed by atoms with Crippen LogP contribution in [0, 0.1) is 17.2 Å². The highest BCUT2D eigenvalue weighted by molar-refractivity contribution is 7.27. The minimum Gasteiger partial charge on any atom is -0.335 e. The van der Waals surface area contributed by atoms with Crippen molar-refractivity contribution in [2.45, 2.75) is 18.9 Å². The highest BCUT2D eigenvalue weighted by Gasteiger charge is 2.32. The Morgan fingerprint density at radius 2 is 2.35 bits per heavy atom. The molecule has 3 rings (SSSR count). The molecule has 2 aromatic heterocycles. The number of carbonyl (C=O) groups excluding carboxylic acids is 1. The Morgan fingerprint density at radius 1 is 1.53 bits per heavy atom. The Labute approximate surface area is 107 Å². The fraction of sp³-hybridized carbons (Fsp3) is 0.333. The van der Waals surface area contributed by atoms with Crippen molar-refractivity contribution in [3.05, 3.63) is 22.4 Å². The molecule has 1 unspecified atom stereocenters. The summed E-state index contributed by atoms with van der Waals surface area (Å²) in [6.45, 7) is 0. The predicted octanol–water partition coefficient (Wildman–Crippen LogP) is 2.99. The lowest BCUT2D eigenvalue weighted by Gasteiger charge is -2.08. The molecule has 2 heterocycles. The summed E-state index contributed by atoms with van der Waals surface area (Å²) in [5, 5.41) is 13.8. The molecule has 1 saturated carbocycles. The van der Waals surface area contributed by atoms with E-state index in [0.717, 1.165) is 22.2 Å². The number of fused-ring (bicyclic) bond motifs is 1. The summed E-state index contributed by atoms with van der Waals surface area (Å²) in [6.07, 6.45) is 2.11. The van der Waals surface area contributed by atoms with E-state index in [1.54, 1.807) is 11.3 Å². The Morgan fingerprint density at radius 3 is 3.00 bits per heavy atom. The molecular weight excluding hydrogens is 252 g/mol. The Hall–Kier alpha value is -1.38. The normalized spacial score (nSPS) is 16.6. The SMILES string of the molecule is N#CC(NC(=O)c1cc2sccc2s1)C1CC1. The van der Waals surface area contributed by atoms with Gasteiger partial charge in [-0.1, -0.05) is 0 Å². The van der Waals surface area contributed by atoms with Gasteiger partial charge in [-0.05, 0) is 36.3 Å². The second-order valence-corrected chi connectivity index (χ2v) is 6.21. The van der Waals surface area contributed by atoms with E-state index in [4.69, 9.17) is 5.26 Å². The molecule has 86 valence electrons. The summed E-state index contributed by atoms with van der Waals surface area (Å²) >= 11 is 3.12. The van der Waals surface area contributed by atoms with E-state index in [9.17, 15) is 4.79 Å². The molecule has 2 aromatic rings. The quantitative estimate of drug-likeness (QED) is 0.924. The van der Waals surface area contributed by atoms with Crippen LogP contribution < -0.4 is 5.32 Å². The van der Waals surface area contributed by atoms with E-state index in [0.29, 0.717) is 10.8 Å². The Bertz CT molecular complexity index is 575. The van der Waals surface area contributed by atoms with Crippen molar-refractivity contribution in [3.8, 4) is 6.07 Å². The lowest BCUT2D eigenvalue weighted by Crippen LogP contribution is -2.34. The zero-order valence-corrected chi connectivity index (χ0v) is 10.6. The summed E-state index contributed by atoms with van der Waals surface area (Å²) in [7, 11) is 0. The topological polar surface area (TPSA) is 52.9 Å². The number of rotatable bonds is 3. The monoisotopic (exact) mass is 262 g/mol. The number of nitrogens with zero attached hydrogens (tertiary/aromatic N) is 1. The van der Waals surface area contributed by atoms with Crippen LogP contribution in [0.4, 0.5) is 0 Å². The maximum absolute atomic E-state index is 12.0. The van der Waals surface area contributed by atoms with Crippen molar-refractivity contribution in [2.75, 3.05) is 0 Å². The van der Waals surface area contributed by atoms with E-state index in [-0.39, 0.29) is 11.9 Å². The van der Waals surface area contributed by atoms with Gasteiger partial charge in [0.05, 0.1) is 10.9 Å². The van der Waals surface area contributed by atoms with Crippen LogP contribution >= 0.6 is 22.7 Å². The highest BCUT2D eigenvalue weighted by atomic mass is 32.1. The predicted molar refractivity (Wildman–Crippen MR) is 69.3 cm³/mol. The maximum Gasteiger partial charge on any atom is 0.262 e. The molecule has 0 aliphatic heterocycles. The van der Waals surface area contributed by atoms with Gasteiger partial charge in [0.25, 0.3) is 5.91 Å². The van der Waals surface area contributed by atoms with Crippen molar-refractivity contribution in [1.29, 1.82) is 5.26 Å². The average molecular weight is 262 g/mol. The molecule has 0 radical (unpaired) electrons. The summed E-state index contributed by atoms with van der Waals surface area (Å²) in [4.78, 5) is 12.7. The first-order valence-corrected chi connectivity index (χ1v) is 7.15. The molecule has 1 fully saturated rings. The fourth-order valence-corrected chi connectivity index (χ4v) is 3.79. The van der Waals surface area contributed by atoms with Crippen molar-refractivity contribution >= 4 is 38.0 Å². The van der Waals surface area contributed by atoms with Gasteiger partial charge in [0, 0.05) is 9.40 Å². The van der Waals surface area contributed by atoms with Crippen LogP contribution in [0.1, 0.15) is 22.5 Å². The summed E-state index contributed by atoms with van der Waals surface area (Å²) in [6, 6.07) is 5.77. The second-order valence-electron chi connectivity index (χ2n) is 4.18. The third kappa shape index (κ3) is 2.06. The van der Waals surface area contributed by atoms with Gasteiger partial charge in [-0.3, -0.25) is 4.79 Å². The molecule has 0 aromatic carbocycles. The summed E-state index contributed by atoms with van der Waals surface area (Å²) in [5.74, 6) is 0.252. The molecule has 3 nitrogen and oxygen atoms in total. The Balaban J connectivity index is 1.77. The maximum atomic E-state index is 12.0. The van der Waals surface area contributed by atoms with Crippen molar-refractivity contribution in [1.82, 2.24) is 5.32 Å². The van der Waals surface area contributed by atoms with Crippen molar-refractivity contribution in [2.24, 2.45) is 5.92 Å². The summed E-state index contributed by atoms with van der Waals surface area (Å²) in [5.41, 5.74) is 0. The van der Waals surface area contributed by atoms with E-state index >= 15 is 0 Å². The first kappa shape index (κ1) is 10.8. The van der Waals surface area contributed by atoms with Crippen LogP contribution in [0.2, 0.25) is 0 Å². The number of amides is 1. The molecule has 1 aliphatic rings. The standard InChI is InChI=1S/C12H10N2OS2/c13-6-8(7-1-2-7)14-12(15)11-5-10-9(17-11)3-4-16-10/h3-5,7-8H,1-2H2,(H,14,15). The number of hydrogen-bond acceptors (Lipinski definition) is 4. The van der Waals surface area contributed by atoms with Crippen LogP contribution in [-0.4, -0.2) is 11.9 Å². The zero-order chi connectivity index (χ0) is 11.8. The Kier molecular flexibility index (Phi) is 2.61. The van der Waals surface area contributed by atoms with Gasteiger partial charge >= 0.3 is 0 Å². The van der Waals surface area contributed by atoms with E-state index < -0.39 is 0 Å². The second kappa shape index (κ2) is 4.13. The minimum absolute atomic E-state index is 0.114. The van der Waals surface area contributed by atoms with Crippen LogP contribution in [0.15, 0.2) is 17.5 Å². The smallest absolute Gasteiger partial charge is 0.262 e. The first-order valence-electron chi connectivity index (χ1n) is 5.45. The van der Waals surface area contributed by atoms with Gasteiger partial charge in [-0.2, -0.15) is 5.26 Å². The molecule has 0 bridgehead atoms. The third-order valence-electron chi connectivity index (χ3n) is 2.88.